The molecule has 0 spiro atoms. The summed E-state index contributed by atoms with van der Waals surface area (Å²) in [6.45, 7) is 0.840. The Morgan fingerprint density at radius 1 is 1.59 bits per heavy atom. The van der Waals surface area contributed by atoms with Crippen LogP contribution in [0, 0.1) is 5.92 Å². The van der Waals surface area contributed by atoms with Crippen molar-refractivity contribution < 1.29 is 4.79 Å². The summed E-state index contributed by atoms with van der Waals surface area (Å²) in [6.07, 6.45) is 1.22. The van der Waals surface area contributed by atoms with Crippen LogP contribution in [0.25, 0.3) is 0 Å². The fourth-order valence-corrected chi connectivity index (χ4v) is 3.02. The van der Waals surface area contributed by atoms with Gasteiger partial charge < -0.3 is 16.8 Å². The summed E-state index contributed by atoms with van der Waals surface area (Å²) in [6, 6.07) is 3.19. The molecule has 1 saturated heterocycles. The normalized spacial score (nSPS) is 19.2. The zero-order valence-corrected chi connectivity index (χ0v) is 10.3. The highest BCUT2D eigenvalue weighted by Gasteiger charge is 2.16. The van der Waals surface area contributed by atoms with Crippen LogP contribution in [0.15, 0.2) is 12.1 Å². The average molecular weight is 252 g/mol. The van der Waals surface area contributed by atoms with E-state index >= 15 is 0 Å². The van der Waals surface area contributed by atoms with Gasteiger partial charge in [-0.1, -0.05) is 0 Å². The van der Waals surface area contributed by atoms with E-state index in [4.69, 9.17) is 11.5 Å². The quantitative estimate of drug-likeness (QED) is 0.741. The number of pyridine rings is 1. The smallest absolute Gasteiger partial charge is 0.267 e. The first-order valence-corrected chi connectivity index (χ1v) is 6.70. The van der Waals surface area contributed by atoms with Crippen LogP contribution < -0.4 is 16.8 Å². The summed E-state index contributed by atoms with van der Waals surface area (Å²) in [5.74, 6) is 3.06. The van der Waals surface area contributed by atoms with Gasteiger partial charge in [0.05, 0.1) is 5.69 Å². The summed E-state index contributed by atoms with van der Waals surface area (Å²) in [5, 5.41) is 3.19. The average Bonchev–Trinajstić information content (AvgIpc) is 2.80. The number of anilines is 2. The van der Waals surface area contributed by atoms with Crippen LogP contribution in [-0.2, 0) is 0 Å². The topological polar surface area (TPSA) is 94.0 Å². The Morgan fingerprint density at radius 2 is 2.41 bits per heavy atom. The van der Waals surface area contributed by atoms with Gasteiger partial charge in [-0.05, 0) is 36.0 Å². The van der Waals surface area contributed by atoms with Crippen LogP contribution in [0.5, 0.6) is 0 Å². The minimum atomic E-state index is -0.538. The van der Waals surface area contributed by atoms with Crippen molar-refractivity contribution in [3.05, 3.63) is 17.8 Å². The van der Waals surface area contributed by atoms with E-state index in [1.165, 1.54) is 24.0 Å². The van der Waals surface area contributed by atoms with Crippen molar-refractivity contribution in [1.29, 1.82) is 0 Å². The van der Waals surface area contributed by atoms with Crippen molar-refractivity contribution in [2.45, 2.75) is 6.42 Å². The Bertz CT molecular complexity index is 418. The summed E-state index contributed by atoms with van der Waals surface area (Å²) < 4.78 is 0. The highest BCUT2D eigenvalue weighted by atomic mass is 32.2. The van der Waals surface area contributed by atoms with Crippen LogP contribution in [-0.4, -0.2) is 28.9 Å². The standard InChI is InChI=1S/C11H16N4OS/c12-8-1-2-9(10(13)16)15-11(8)14-5-7-3-4-17-6-7/h1-2,7H,3-6,12H2,(H2,13,16)(H,14,15). The number of nitrogen functional groups attached to an aromatic ring is 1. The van der Waals surface area contributed by atoms with Crippen LogP contribution in [0.4, 0.5) is 11.5 Å². The summed E-state index contributed by atoms with van der Waals surface area (Å²) >= 11 is 1.96. The molecule has 1 aliphatic rings. The van der Waals surface area contributed by atoms with Gasteiger partial charge in [-0.15, -0.1) is 0 Å². The van der Waals surface area contributed by atoms with Gasteiger partial charge in [0, 0.05) is 6.54 Å². The van der Waals surface area contributed by atoms with Crippen LogP contribution in [0.1, 0.15) is 16.9 Å². The largest absolute Gasteiger partial charge is 0.396 e. The molecular formula is C11H16N4OS. The molecule has 0 aliphatic carbocycles. The Labute approximate surface area is 104 Å². The van der Waals surface area contributed by atoms with E-state index in [0.717, 1.165) is 6.54 Å². The van der Waals surface area contributed by atoms with E-state index in [1.807, 2.05) is 11.8 Å². The maximum absolute atomic E-state index is 11.0. The van der Waals surface area contributed by atoms with Gasteiger partial charge in [0.1, 0.15) is 11.5 Å². The molecule has 1 fully saturated rings. The molecule has 0 aromatic carbocycles. The van der Waals surface area contributed by atoms with Gasteiger partial charge in [-0.2, -0.15) is 11.8 Å². The summed E-state index contributed by atoms with van der Waals surface area (Å²) in [4.78, 5) is 15.1. The van der Waals surface area contributed by atoms with Crippen molar-refractivity contribution in [2.24, 2.45) is 11.7 Å². The fraction of sp³-hybridized carbons (Fsp3) is 0.455. The van der Waals surface area contributed by atoms with E-state index < -0.39 is 5.91 Å². The third-order valence-electron chi connectivity index (χ3n) is 2.76. The SMILES string of the molecule is NC(=O)c1ccc(N)c(NCC2CCSC2)n1. The highest BCUT2D eigenvalue weighted by Crippen LogP contribution is 2.24. The molecule has 6 heteroatoms. The lowest BCUT2D eigenvalue weighted by atomic mass is 10.1. The molecule has 0 radical (unpaired) electrons. The molecule has 1 aromatic heterocycles. The number of nitrogens with one attached hydrogen (secondary N) is 1. The predicted octanol–water partition coefficient (Wildman–Crippen LogP) is 0.928. The molecule has 0 saturated carbocycles. The number of hydrogen-bond acceptors (Lipinski definition) is 5. The van der Waals surface area contributed by atoms with E-state index in [9.17, 15) is 4.79 Å². The van der Waals surface area contributed by atoms with Gasteiger partial charge in [0.25, 0.3) is 5.91 Å². The van der Waals surface area contributed by atoms with Crippen molar-refractivity contribution >= 4 is 29.2 Å². The monoisotopic (exact) mass is 252 g/mol. The first-order chi connectivity index (χ1) is 8.16. The number of carbonyl (C=O) groups excluding carboxylic acids is 1. The molecule has 2 heterocycles. The van der Waals surface area contributed by atoms with Crippen molar-refractivity contribution in [2.75, 3.05) is 29.1 Å². The summed E-state index contributed by atoms with van der Waals surface area (Å²) in [5.41, 5.74) is 11.8. The number of amides is 1. The Balaban J connectivity index is 2.03. The third-order valence-corrected chi connectivity index (χ3v) is 3.99. The molecule has 92 valence electrons. The number of thioether (sulfide) groups is 1. The number of nitrogens with two attached hydrogens (primary N) is 2. The van der Waals surface area contributed by atoms with Crippen molar-refractivity contribution in [1.82, 2.24) is 4.98 Å². The van der Waals surface area contributed by atoms with Crippen LogP contribution in [0.2, 0.25) is 0 Å². The van der Waals surface area contributed by atoms with Gasteiger partial charge in [0.15, 0.2) is 0 Å². The maximum Gasteiger partial charge on any atom is 0.267 e. The lowest BCUT2D eigenvalue weighted by Crippen LogP contribution is -2.18. The third kappa shape index (κ3) is 3.03. The van der Waals surface area contributed by atoms with Crippen molar-refractivity contribution in [3.63, 3.8) is 0 Å². The molecular weight excluding hydrogens is 236 g/mol. The molecule has 0 bridgehead atoms. The lowest BCUT2D eigenvalue weighted by molar-refractivity contribution is 0.0996. The fourth-order valence-electron chi connectivity index (χ4n) is 1.73. The zero-order valence-electron chi connectivity index (χ0n) is 9.48. The number of carbonyl (C=O) groups is 1. The molecule has 1 amide bonds. The van der Waals surface area contributed by atoms with E-state index in [0.29, 0.717) is 17.4 Å². The molecule has 1 aromatic rings. The second kappa shape index (κ2) is 5.27. The van der Waals surface area contributed by atoms with Gasteiger partial charge in [-0.3, -0.25) is 4.79 Å². The molecule has 5 nitrogen and oxygen atoms in total. The molecule has 1 unspecified atom stereocenters. The van der Waals surface area contributed by atoms with Crippen molar-refractivity contribution in [3.8, 4) is 0 Å². The van der Waals surface area contributed by atoms with Gasteiger partial charge in [-0.25, -0.2) is 4.98 Å². The van der Waals surface area contributed by atoms with Gasteiger partial charge >= 0.3 is 0 Å². The Hall–Kier alpha value is -1.43. The van der Waals surface area contributed by atoms with E-state index in [2.05, 4.69) is 10.3 Å². The minimum Gasteiger partial charge on any atom is -0.396 e. The van der Waals surface area contributed by atoms with E-state index in [1.54, 1.807) is 6.07 Å². The van der Waals surface area contributed by atoms with Gasteiger partial charge in [0.2, 0.25) is 0 Å². The molecule has 5 N–H and O–H groups in total. The predicted molar refractivity (Wildman–Crippen MR) is 71.1 cm³/mol. The number of hydrogen-bond donors (Lipinski definition) is 3. The molecule has 17 heavy (non-hydrogen) atoms. The van der Waals surface area contributed by atoms with Crippen LogP contribution in [0.3, 0.4) is 0 Å². The minimum absolute atomic E-state index is 0.238. The Morgan fingerprint density at radius 3 is 3.06 bits per heavy atom. The maximum atomic E-state index is 11.0. The number of rotatable bonds is 4. The number of nitrogens with zero attached hydrogens (tertiary/aromatic N) is 1. The lowest BCUT2D eigenvalue weighted by Gasteiger charge is -2.12. The second-order valence-corrected chi connectivity index (χ2v) is 5.26. The molecule has 1 atom stereocenters. The van der Waals surface area contributed by atoms with Crippen LogP contribution >= 0.6 is 11.8 Å². The molecule has 1 aliphatic heterocycles. The molecule has 2 rings (SSSR count). The second-order valence-electron chi connectivity index (χ2n) is 4.11. The summed E-state index contributed by atoms with van der Waals surface area (Å²) in [7, 11) is 0. The number of primary amides is 1. The zero-order chi connectivity index (χ0) is 12.3. The first-order valence-electron chi connectivity index (χ1n) is 5.55. The Kier molecular flexibility index (Phi) is 3.73. The highest BCUT2D eigenvalue weighted by molar-refractivity contribution is 7.99. The number of aromatic nitrogens is 1. The van der Waals surface area contributed by atoms with E-state index in [-0.39, 0.29) is 5.69 Å². The first kappa shape index (κ1) is 12.0.